The van der Waals surface area contributed by atoms with E-state index in [0.717, 1.165) is 19.4 Å². The molecule has 6 heteroatoms. The van der Waals surface area contributed by atoms with Crippen molar-refractivity contribution in [1.82, 2.24) is 5.32 Å². The first-order chi connectivity index (χ1) is 12.7. The molecule has 0 aromatic heterocycles. The molecule has 0 radical (unpaired) electrons. The van der Waals surface area contributed by atoms with E-state index >= 15 is 0 Å². The van der Waals surface area contributed by atoms with Gasteiger partial charge in [0.2, 0.25) is 0 Å². The standard InChI is InChI=1S/C20H22N2O4/c23-19(21-13-16-9-6-12-25-16)14-26-18-11-5-4-10-17(18)20(24)22-15-7-2-1-3-8-15/h1-5,7-8,10-11,16H,6,9,12-14H2,(H,21,23)(H,22,24). The Bertz CT molecular complexity index is 742. The van der Waals surface area contributed by atoms with Crippen molar-refractivity contribution >= 4 is 17.5 Å². The lowest BCUT2D eigenvalue weighted by atomic mass is 10.2. The van der Waals surface area contributed by atoms with Crippen molar-refractivity contribution in [2.24, 2.45) is 0 Å². The summed E-state index contributed by atoms with van der Waals surface area (Å²) in [7, 11) is 0. The van der Waals surface area contributed by atoms with E-state index in [1.165, 1.54) is 0 Å². The average molecular weight is 354 g/mol. The van der Waals surface area contributed by atoms with Crippen LogP contribution in [0.5, 0.6) is 5.75 Å². The quantitative estimate of drug-likeness (QED) is 0.801. The van der Waals surface area contributed by atoms with Gasteiger partial charge in [0.25, 0.3) is 11.8 Å². The minimum absolute atomic E-state index is 0.0860. The Balaban J connectivity index is 1.54. The van der Waals surface area contributed by atoms with Gasteiger partial charge in [0.1, 0.15) is 5.75 Å². The lowest BCUT2D eigenvalue weighted by Crippen LogP contribution is -2.35. The summed E-state index contributed by atoms with van der Waals surface area (Å²) in [6.07, 6.45) is 2.08. The normalized spacial score (nSPS) is 16.1. The van der Waals surface area contributed by atoms with Crippen molar-refractivity contribution in [3.63, 3.8) is 0 Å². The molecular weight excluding hydrogens is 332 g/mol. The van der Waals surface area contributed by atoms with Gasteiger partial charge in [-0.1, -0.05) is 30.3 Å². The van der Waals surface area contributed by atoms with E-state index in [1.54, 1.807) is 36.4 Å². The van der Waals surface area contributed by atoms with Crippen LogP contribution in [0.2, 0.25) is 0 Å². The number of amides is 2. The van der Waals surface area contributed by atoms with Crippen LogP contribution in [0.4, 0.5) is 5.69 Å². The molecule has 1 aliphatic rings. The van der Waals surface area contributed by atoms with Crippen LogP contribution >= 0.6 is 0 Å². The molecule has 2 amide bonds. The monoisotopic (exact) mass is 354 g/mol. The highest BCUT2D eigenvalue weighted by Crippen LogP contribution is 2.19. The fraction of sp³-hybridized carbons (Fsp3) is 0.300. The minimum atomic E-state index is -0.286. The van der Waals surface area contributed by atoms with Crippen LogP contribution in [0.15, 0.2) is 54.6 Å². The Hall–Kier alpha value is -2.86. The summed E-state index contributed by atoms with van der Waals surface area (Å²) < 4.78 is 11.0. The molecule has 1 unspecified atom stereocenters. The molecule has 1 aliphatic heterocycles. The molecule has 3 rings (SSSR count). The summed E-state index contributed by atoms with van der Waals surface area (Å²) >= 11 is 0. The predicted molar refractivity (Wildman–Crippen MR) is 98.3 cm³/mol. The summed E-state index contributed by atoms with van der Waals surface area (Å²) in [5, 5.41) is 5.61. The zero-order valence-corrected chi connectivity index (χ0v) is 14.4. The second-order valence-corrected chi connectivity index (χ2v) is 6.04. The highest BCUT2D eigenvalue weighted by atomic mass is 16.5. The molecule has 1 saturated heterocycles. The van der Waals surface area contributed by atoms with Crippen LogP contribution in [0.1, 0.15) is 23.2 Å². The van der Waals surface area contributed by atoms with Gasteiger partial charge in [-0.25, -0.2) is 0 Å². The van der Waals surface area contributed by atoms with E-state index in [4.69, 9.17) is 9.47 Å². The Labute approximate surface area is 152 Å². The molecular formula is C20H22N2O4. The average Bonchev–Trinajstić information content (AvgIpc) is 3.19. The molecule has 1 atom stereocenters. The van der Waals surface area contributed by atoms with Crippen LogP contribution < -0.4 is 15.4 Å². The SMILES string of the molecule is O=C(COc1ccccc1C(=O)Nc1ccccc1)NCC1CCCO1. The Kier molecular flexibility index (Phi) is 6.22. The third kappa shape index (κ3) is 5.07. The number of nitrogens with one attached hydrogen (secondary N) is 2. The number of hydrogen-bond acceptors (Lipinski definition) is 4. The van der Waals surface area contributed by atoms with Crippen molar-refractivity contribution in [2.75, 3.05) is 25.1 Å². The van der Waals surface area contributed by atoms with Crippen molar-refractivity contribution in [3.05, 3.63) is 60.2 Å². The van der Waals surface area contributed by atoms with Crippen molar-refractivity contribution in [1.29, 1.82) is 0 Å². The van der Waals surface area contributed by atoms with Gasteiger partial charge in [0.05, 0.1) is 11.7 Å². The lowest BCUT2D eigenvalue weighted by molar-refractivity contribution is -0.123. The van der Waals surface area contributed by atoms with Gasteiger partial charge < -0.3 is 20.1 Å². The van der Waals surface area contributed by atoms with Crippen LogP contribution in [-0.4, -0.2) is 37.7 Å². The number of carbonyl (C=O) groups excluding carboxylic acids is 2. The number of carbonyl (C=O) groups is 2. The zero-order valence-electron chi connectivity index (χ0n) is 14.4. The summed E-state index contributed by atoms with van der Waals surface area (Å²) in [5.74, 6) is -0.154. The molecule has 0 spiro atoms. The number of ether oxygens (including phenoxy) is 2. The molecule has 1 heterocycles. The molecule has 1 fully saturated rings. The van der Waals surface area contributed by atoms with Gasteiger partial charge in [-0.3, -0.25) is 9.59 Å². The number of para-hydroxylation sites is 2. The first kappa shape index (κ1) is 17.9. The topological polar surface area (TPSA) is 76.7 Å². The zero-order chi connectivity index (χ0) is 18.2. The molecule has 0 aliphatic carbocycles. The highest BCUT2D eigenvalue weighted by molar-refractivity contribution is 6.06. The maximum absolute atomic E-state index is 12.5. The molecule has 26 heavy (non-hydrogen) atoms. The summed E-state index contributed by atoms with van der Waals surface area (Å²) in [6, 6.07) is 16.0. The number of anilines is 1. The maximum atomic E-state index is 12.5. The molecule has 2 N–H and O–H groups in total. The fourth-order valence-electron chi connectivity index (χ4n) is 2.73. The smallest absolute Gasteiger partial charge is 0.259 e. The van der Waals surface area contributed by atoms with E-state index in [0.29, 0.717) is 23.5 Å². The lowest BCUT2D eigenvalue weighted by Gasteiger charge is -2.13. The molecule has 2 aromatic carbocycles. The minimum Gasteiger partial charge on any atom is -0.483 e. The number of benzene rings is 2. The van der Waals surface area contributed by atoms with Gasteiger partial charge in [0, 0.05) is 18.8 Å². The summed E-state index contributed by atoms with van der Waals surface area (Å²) in [6.45, 7) is 1.08. The van der Waals surface area contributed by atoms with Crippen molar-refractivity contribution in [2.45, 2.75) is 18.9 Å². The molecule has 0 bridgehead atoms. The van der Waals surface area contributed by atoms with Crippen LogP contribution in [0.3, 0.4) is 0 Å². The number of rotatable bonds is 7. The molecule has 136 valence electrons. The van der Waals surface area contributed by atoms with Crippen LogP contribution in [-0.2, 0) is 9.53 Å². The second-order valence-electron chi connectivity index (χ2n) is 6.04. The van der Waals surface area contributed by atoms with Gasteiger partial charge >= 0.3 is 0 Å². The summed E-state index contributed by atoms with van der Waals surface area (Å²) in [5.41, 5.74) is 1.07. The molecule has 0 saturated carbocycles. The first-order valence-electron chi connectivity index (χ1n) is 8.69. The van der Waals surface area contributed by atoms with Crippen molar-refractivity contribution in [3.8, 4) is 5.75 Å². The van der Waals surface area contributed by atoms with E-state index in [9.17, 15) is 9.59 Å². The predicted octanol–water partition coefficient (Wildman–Crippen LogP) is 2.61. The Morgan fingerprint density at radius 1 is 1.08 bits per heavy atom. The Morgan fingerprint density at radius 3 is 2.62 bits per heavy atom. The van der Waals surface area contributed by atoms with Crippen LogP contribution in [0.25, 0.3) is 0 Å². The van der Waals surface area contributed by atoms with Gasteiger partial charge in [0.15, 0.2) is 6.61 Å². The van der Waals surface area contributed by atoms with E-state index in [-0.39, 0.29) is 24.5 Å². The van der Waals surface area contributed by atoms with Crippen LogP contribution in [0, 0.1) is 0 Å². The molecule has 2 aromatic rings. The Morgan fingerprint density at radius 2 is 1.85 bits per heavy atom. The molecule has 6 nitrogen and oxygen atoms in total. The van der Waals surface area contributed by atoms with Gasteiger partial charge in [-0.15, -0.1) is 0 Å². The van der Waals surface area contributed by atoms with E-state index in [2.05, 4.69) is 10.6 Å². The highest BCUT2D eigenvalue weighted by Gasteiger charge is 2.17. The maximum Gasteiger partial charge on any atom is 0.259 e. The fourth-order valence-corrected chi connectivity index (χ4v) is 2.73. The van der Waals surface area contributed by atoms with E-state index < -0.39 is 0 Å². The second kappa shape index (κ2) is 9.01. The van der Waals surface area contributed by atoms with Gasteiger partial charge in [-0.2, -0.15) is 0 Å². The van der Waals surface area contributed by atoms with Gasteiger partial charge in [-0.05, 0) is 37.1 Å². The largest absolute Gasteiger partial charge is 0.483 e. The third-order valence-electron chi connectivity index (χ3n) is 4.07. The van der Waals surface area contributed by atoms with Crippen molar-refractivity contribution < 1.29 is 19.1 Å². The number of hydrogen-bond donors (Lipinski definition) is 2. The van der Waals surface area contributed by atoms with E-state index in [1.807, 2.05) is 18.2 Å². The third-order valence-corrected chi connectivity index (χ3v) is 4.07. The first-order valence-corrected chi connectivity index (χ1v) is 8.69. The summed E-state index contributed by atoms with van der Waals surface area (Å²) in [4.78, 5) is 24.4.